The Morgan fingerprint density at radius 1 is 1.50 bits per heavy atom. The van der Waals surface area contributed by atoms with Crippen molar-refractivity contribution in [1.29, 1.82) is 0 Å². The summed E-state index contributed by atoms with van der Waals surface area (Å²) in [4.78, 5) is 13.0. The highest BCUT2D eigenvalue weighted by Crippen LogP contribution is 2.25. The molecule has 5 heteroatoms. The van der Waals surface area contributed by atoms with Gasteiger partial charge in [-0.05, 0) is 43.9 Å². The number of nitro benzene ring substituents is 1. The first kappa shape index (κ1) is 14.8. The molecule has 0 aliphatic carbocycles. The fraction of sp³-hybridized carbons (Fsp3) is 0.600. The van der Waals surface area contributed by atoms with E-state index in [9.17, 15) is 10.1 Å². The normalized spacial score (nSPS) is 19.8. The Bertz CT molecular complexity index is 476. The van der Waals surface area contributed by atoms with E-state index in [1.54, 1.807) is 12.1 Å². The predicted molar refractivity (Wildman–Crippen MR) is 80.9 cm³/mol. The molecule has 1 N–H and O–H groups in total. The minimum atomic E-state index is -0.321. The van der Waals surface area contributed by atoms with Crippen molar-refractivity contribution in [2.75, 3.05) is 25.0 Å². The van der Waals surface area contributed by atoms with Crippen LogP contribution in [0.2, 0.25) is 0 Å². The number of non-ortho nitro benzene ring substituents is 1. The maximum absolute atomic E-state index is 10.9. The number of piperidine rings is 1. The lowest BCUT2D eigenvalue weighted by molar-refractivity contribution is -0.384. The number of hydrogen-bond acceptors (Lipinski definition) is 4. The molecule has 0 spiro atoms. The second kappa shape index (κ2) is 6.70. The van der Waals surface area contributed by atoms with Gasteiger partial charge in [-0.1, -0.05) is 6.92 Å². The summed E-state index contributed by atoms with van der Waals surface area (Å²) in [5.74, 6) is 0.713. The zero-order chi connectivity index (χ0) is 14.5. The van der Waals surface area contributed by atoms with Gasteiger partial charge in [0.25, 0.3) is 5.69 Å². The largest absolute Gasteiger partial charge is 0.385 e. The van der Waals surface area contributed by atoms with Crippen LogP contribution >= 0.6 is 0 Å². The van der Waals surface area contributed by atoms with E-state index in [2.05, 4.69) is 17.1 Å². The molecule has 1 heterocycles. The predicted octanol–water partition coefficient (Wildman–Crippen LogP) is 3.26. The van der Waals surface area contributed by atoms with E-state index in [-0.39, 0.29) is 10.6 Å². The van der Waals surface area contributed by atoms with E-state index >= 15 is 0 Å². The fourth-order valence-electron chi connectivity index (χ4n) is 2.86. The average Bonchev–Trinajstić information content (AvgIpc) is 2.41. The molecule has 1 atom stereocenters. The molecule has 20 heavy (non-hydrogen) atoms. The molecular formula is C15H23N3O2. The second-order valence-corrected chi connectivity index (χ2v) is 5.61. The average molecular weight is 277 g/mol. The van der Waals surface area contributed by atoms with Crippen LogP contribution in [-0.2, 0) is 6.54 Å². The molecule has 1 saturated heterocycles. The molecule has 0 aromatic heterocycles. The van der Waals surface area contributed by atoms with Crippen LogP contribution in [0.25, 0.3) is 0 Å². The van der Waals surface area contributed by atoms with E-state index in [1.165, 1.54) is 12.8 Å². The van der Waals surface area contributed by atoms with Crippen LogP contribution in [0.3, 0.4) is 0 Å². The van der Waals surface area contributed by atoms with E-state index < -0.39 is 0 Å². The Morgan fingerprint density at radius 3 is 2.95 bits per heavy atom. The van der Waals surface area contributed by atoms with Crippen molar-refractivity contribution in [3.63, 3.8) is 0 Å². The Hall–Kier alpha value is -1.62. The number of hydrogen-bond donors (Lipinski definition) is 1. The molecule has 1 aromatic carbocycles. The van der Waals surface area contributed by atoms with Crippen molar-refractivity contribution in [3.05, 3.63) is 33.9 Å². The minimum absolute atomic E-state index is 0.173. The first-order chi connectivity index (χ1) is 9.60. The van der Waals surface area contributed by atoms with Crippen molar-refractivity contribution in [3.8, 4) is 0 Å². The first-order valence-electron chi connectivity index (χ1n) is 7.33. The Labute approximate surface area is 120 Å². The third-order valence-electron chi connectivity index (χ3n) is 3.80. The lowest BCUT2D eigenvalue weighted by Crippen LogP contribution is -2.33. The monoisotopic (exact) mass is 277 g/mol. The minimum Gasteiger partial charge on any atom is -0.385 e. The highest BCUT2D eigenvalue weighted by molar-refractivity contribution is 5.56. The molecule has 1 aliphatic rings. The molecule has 5 nitrogen and oxygen atoms in total. The van der Waals surface area contributed by atoms with E-state index in [0.29, 0.717) is 5.92 Å². The molecule has 1 unspecified atom stereocenters. The van der Waals surface area contributed by atoms with E-state index in [1.807, 2.05) is 13.0 Å². The number of nitro groups is 1. The quantitative estimate of drug-likeness (QED) is 0.663. The highest BCUT2D eigenvalue weighted by atomic mass is 16.6. The molecule has 0 radical (unpaired) electrons. The standard InChI is InChI=1S/C15H23N3O2/c1-3-16-15-7-6-14(18(19)20)9-13(15)11-17-8-4-5-12(2)10-17/h6-7,9,12,16H,3-5,8,10-11H2,1-2H3. The molecule has 0 amide bonds. The van der Waals surface area contributed by atoms with Crippen LogP contribution in [0.1, 0.15) is 32.3 Å². The third kappa shape index (κ3) is 3.70. The Morgan fingerprint density at radius 2 is 2.30 bits per heavy atom. The fourth-order valence-corrected chi connectivity index (χ4v) is 2.86. The van der Waals surface area contributed by atoms with Crippen molar-refractivity contribution in [2.24, 2.45) is 5.92 Å². The summed E-state index contributed by atoms with van der Waals surface area (Å²) in [6.07, 6.45) is 2.50. The van der Waals surface area contributed by atoms with E-state index in [4.69, 9.17) is 0 Å². The van der Waals surface area contributed by atoms with Gasteiger partial charge in [0.15, 0.2) is 0 Å². The first-order valence-corrected chi connectivity index (χ1v) is 7.33. The van der Waals surface area contributed by atoms with Crippen LogP contribution in [0.15, 0.2) is 18.2 Å². The van der Waals surface area contributed by atoms with Gasteiger partial charge in [-0.25, -0.2) is 0 Å². The van der Waals surface area contributed by atoms with Crippen molar-refractivity contribution < 1.29 is 4.92 Å². The maximum atomic E-state index is 10.9. The van der Waals surface area contributed by atoms with Crippen molar-refractivity contribution >= 4 is 11.4 Å². The summed E-state index contributed by atoms with van der Waals surface area (Å²) in [6, 6.07) is 5.10. The van der Waals surface area contributed by atoms with Gasteiger partial charge in [0, 0.05) is 37.5 Å². The number of nitrogens with one attached hydrogen (secondary N) is 1. The lowest BCUT2D eigenvalue weighted by atomic mass is 9.99. The number of benzene rings is 1. The molecule has 1 aromatic rings. The molecule has 110 valence electrons. The van der Waals surface area contributed by atoms with Gasteiger partial charge in [0.1, 0.15) is 0 Å². The summed E-state index contributed by atoms with van der Waals surface area (Å²) in [5, 5.41) is 14.2. The Balaban J connectivity index is 2.18. The molecule has 2 rings (SSSR count). The summed E-state index contributed by atoms with van der Waals surface area (Å²) >= 11 is 0. The SMILES string of the molecule is CCNc1ccc([N+](=O)[O-])cc1CN1CCCC(C)C1. The van der Waals surface area contributed by atoms with Crippen LogP contribution < -0.4 is 5.32 Å². The molecule has 1 aliphatic heterocycles. The van der Waals surface area contributed by atoms with Gasteiger partial charge in [0.05, 0.1) is 4.92 Å². The number of likely N-dealkylation sites (tertiary alicyclic amines) is 1. The lowest BCUT2D eigenvalue weighted by Gasteiger charge is -2.31. The summed E-state index contributed by atoms with van der Waals surface area (Å²) in [5.41, 5.74) is 2.21. The van der Waals surface area contributed by atoms with Gasteiger partial charge in [-0.2, -0.15) is 0 Å². The van der Waals surface area contributed by atoms with Crippen LogP contribution in [0.5, 0.6) is 0 Å². The zero-order valence-corrected chi connectivity index (χ0v) is 12.3. The second-order valence-electron chi connectivity index (χ2n) is 5.61. The maximum Gasteiger partial charge on any atom is 0.269 e. The van der Waals surface area contributed by atoms with Gasteiger partial charge in [0.2, 0.25) is 0 Å². The summed E-state index contributed by atoms with van der Waals surface area (Å²) in [6.45, 7) is 8.07. The molecule has 0 bridgehead atoms. The topological polar surface area (TPSA) is 58.4 Å². The van der Waals surface area contributed by atoms with Crippen molar-refractivity contribution in [1.82, 2.24) is 4.90 Å². The number of nitrogens with zero attached hydrogens (tertiary/aromatic N) is 2. The van der Waals surface area contributed by atoms with Gasteiger partial charge in [-0.3, -0.25) is 15.0 Å². The molecule has 0 saturated carbocycles. The zero-order valence-electron chi connectivity index (χ0n) is 12.3. The van der Waals surface area contributed by atoms with Crippen LogP contribution in [0, 0.1) is 16.0 Å². The number of anilines is 1. The Kier molecular flexibility index (Phi) is 4.95. The van der Waals surface area contributed by atoms with Gasteiger partial charge >= 0.3 is 0 Å². The summed E-state index contributed by atoms with van der Waals surface area (Å²) < 4.78 is 0. The third-order valence-corrected chi connectivity index (χ3v) is 3.80. The molecule has 1 fully saturated rings. The highest BCUT2D eigenvalue weighted by Gasteiger charge is 2.18. The van der Waals surface area contributed by atoms with E-state index in [0.717, 1.165) is 37.4 Å². The van der Waals surface area contributed by atoms with Gasteiger partial charge in [-0.15, -0.1) is 0 Å². The van der Waals surface area contributed by atoms with Gasteiger partial charge < -0.3 is 5.32 Å². The van der Waals surface area contributed by atoms with Crippen LogP contribution in [0.4, 0.5) is 11.4 Å². The summed E-state index contributed by atoms with van der Waals surface area (Å²) in [7, 11) is 0. The van der Waals surface area contributed by atoms with Crippen molar-refractivity contribution in [2.45, 2.75) is 33.2 Å². The molecular weight excluding hydrogens is 254 g/mol. The smallest absolute Gasteiger partial charge is 0.269 e. The van der Waals surface area contributed by atoms with Crippen LogP contribution in [-0.4, -0.2) is 29.5 Å². The number of rotatable bonds is 5.